The number of hydrogen-bond donors (Lipinski definition) is 2. The van der Waals surface area contributed by atoms with Gasteiger partial charge in [0, 0.05) is 11.3 Å². The van der Waals surface area contributed by atoms with Crippen LogP contribution in [0.15, 0.2) is 76.6 Å². The van der Waals surface area contributed by atoms with Crippen molar-refractivity contribution in [2.45, 2.75) is 36.9 Å². The van der Waals surface area contributed by atoms with Crippen molar-refractivity contribution in [1.82, 2.24) is 10.2 Å². The van der Waals surface area contributed by atoms with Gasteiger partial charge in [0.05, 0.1) is 11.6 Å². The Morgan fingerprint density at radius 1 is 0.974 bits per heavy atom. The van der Waals surface area contributed by atoms with E-state index in [2.05, 4.69) is 22.3 Å². The number of amides is 1. The number of phenolic OH excluding ortho intramolecular Hbond substituents is 1. The van der Waals surface area contributed by atoms with E-state index in [1.54, 1.807) is 18.2 Å². The number of aromatic hydroxyl groups is 1. The lowest BCUT2D eigenvalue weighted by molar-refractivity contribution is -0.132. The van der Waals surface area contributed by atoms with E-state index in [1.165, 1.54) is 45.7 Å². The highest BCUT2D eigenvalue weighted by atomic mass is 32.2. The first-order chi connectivity index (χ1) is 18.2. The van der Waals surface area contributed by atoms with Crippen LogP contribution in [-0.4, -0.2) is 32.1 Å². The van der Waals surface area contributed by atoms with E-state index >= 15 is 0 Å². The van der Waals surface area contributed by atoms with Gasteiger partial charge in [-0.1, -0.05) is 82.8 Å². The van der Waals surface area contributed by atoms with Crippen molar-refractivity contribution >= 4 is 45.7 Å². The third-order valence-corrected chi connectivity index (χ3v) is 8.49. The Hall–Kier alpha value is -3.95. The summed E-state index contributed by atoms with van der Waals surface area (Å²) in [7, 11) is 0. The zero-order valence-corrected chi connectivity index (χ0v) is 22.6. The average Bonchev–Trinajstić information content (AvgIpc) is 3.47. The molecule has 0 bridgehead atoms. The first-order valence-electron chi connectivity index (χ1n) is 11.9. The predicted molar refractivity (Wildman–Crippen MR) is 149 cm³/mol. The van der Waals surface area contributed by atoms with Crippen LogP contribution in [0.3, 0.4) is 0 Å². The minimum atomic E-state index is -0.982. The van der Waals surface area contributed by atoms with Gasteiger partial charge in [0.2, 0.25) is 5.13 Å². The zero-order chi connectivity index (χ0) is 27.0. The normalized spacial score (nSPS) is 16.8. The number of aryl methyl sites for hydroxylation is 3. The summed E-state index contributed by atoms with van der Waals surface area (Å²) in [5.74, 6) is -1.24. The lowest BCUT2D eigenvalue weighted by Crippen LogP contribution is -2.29. The molecule has 1 saturated heterocycles. The van der Waals surface area contributed by atoms with E-state index in [0.717, 1.165) is 16.7 Å². The largest absolute Gasteiger partial charge is 0.508 e. The number of phenols is 1. The molecule has 4 aromatic rings. The maximum atomic E-state index is 13.4. The number of aliphatic hydroxyl groups is 1. The van der Waals surface area contributed by atoms with E-state index in [9.17, 15) is 19.8 Å². The quantitative estimate of drug-likeness (QED) is 0.0997. The summed E-state index contributed by atoms with van der Waals surface area (Å²) < 4.78 is 0.645. The molecular formula is C29H25N3O4S2. The van der Waals surface area contributed by atoms with Gasteiger partial charge in [-0.05, 0) is 55.7 Å². The second kappa shape index (κ2) is 10.4. The molecule has 1 fully saturated rings. The summed E-state index contributed by atoms with van der Waals surface area (Å²) in [5, 5.41) is 30.3. The maximum Gasteiger partial charge on any atom is 0.301 e. The zero-order valence-electron chi connectivity index (χ0n) is 21.0. The Balaban J connectivity index is 1.56. The summed E-state index contributed by atoms with van der Waals surface area (Å²) in [6.07, 6.45) is 0. The molecule has 0 radical (unpaired) electrons. The number of aromatic nitrogens is 2. The van der Waals surface area contributed by atoms with Gasteiger partial charge in [-0.25, -0.2) is 0 Å². The van der Waals surface area contributed by atoms with E-state index in [0.29, 0.717) is 21.2 Å². The molecule has 1 aromatic heterocycles. The molecule has 3 aromatic carbocycles. The number of carbonyl (C=O) groups excluding carboxylic acids is 2. The van der Waals surface area contributed by atoms with Crippen LogP contribution < -0.4 is 4.90 Å². The number of nitrogens with zero attached hydrogens (tertiary/aromatic N) is 3. The lowest BCUT2D eigenvalue weighted by Gasteiger charge is -2.23. The van der Waals surface area contributed by atoms with Crippen molar-refractivity contribution in [3.05, 3.63) is 106 Å². The number of ketones is 1. The second-order valence-electron chi connectivity index (χ2n) is 9.21. The Morgan fingerprint density at radius 3 is 2.45 bits per heavy atom. The van der Waals surface area contributed by atoms with Crippen molar-refractivity contribution in [1.29, 1.82) is 0 Å². The molecule has 5 rings (SSSR count). The van der Waals surface area contributed by atoms with E-state index in [4.69, 9.17) is 0 Å². The highest BCUT2D eigenvalue weighted by Gasteiger charge is 2.48. The van der Waals surface area contributed by atoms with Crippen LogP contribution in [-0.2, 0) is 15.3 Å². The molecule has 1 unspecified atom stereocenters. The van der Waals surface area contributed by atoms with Crippen LogP contribution in [0.4, 0.5) is 5.13 Å². The number of thioether (sulfide) groups is 1. The van der Waals surface area contributed by atoms with Crippen LogP contribution >= 0.6 is 23.1 Å². The Morgan fingerprint density at radius 2 is 1.71 bits per heavy atom. The minimum Gasteiger partial charge on any atom is -0.508 e. The van der Waals surface area contributed by atoms with Crippen molar-refractivity contribution < 1.29 is 19.8 Å². The minimum absolute atomic E-state index is 0.0218. The number of hydrogen-bond acceptors (Lipinski definition) is 8. The van der Waals surface area contributed by atoms with Gasteiger partial charge in [-0.2, -0.15) is 0 Å². The third kappa shape index (κ3) is 4.94. The third-order valence-electron chi connectivity index (χ3n) is 6.36. The number of aliphatic hydroxyl groups excluding tert-OH is 1. The molecular weight excluding hydrogens is 518 g/mol. The standard InChI is InChI=1S/C29H25N3O4S2/c1-16-8-11-19(12-9-16)15-37-29-31-30-28(38-29)32-24(20-5-4-6-21(33)14-20)23(26(35)27(32)36)25(34)22-13-17(2)7-10-18(22)3/h4-14,24,33-34H,15H2,1-3H3/b25-23+. The SMILES string of the molecule is Cc1ccc(CSc2nnc(N3C(=O)C(=O)/C(=C(/O)c4cc(C)ccc4C)C3c3cccc(O)c3)s2)cc1. The number of rotatable bonds is 6. The molecule has 1 atom stereocenters. The molecule has 2 N–H and O–H groups in total. The van der Waals surface area contributed by atoms with Crippen LogP contribution in [0.1, 0.15) is 39.4 Å². The molecule has 0 saturated carbocycles. The highest BCUT2D eigenvalue weighted by Crippen LogP contribution is 2.44. The summed E-state index contributed by atoms with van der Waals surface area (Å²) in [4.78, 5) is 28.1. The van der Waals surface area contributed by atoms with Gasteiger partial charge in [-0.15, -0.1) is 10.2 Å². The first kappa shape index (κ1) is 25.7. The van der Waals surface area contributed by atoms with Gasteiger partial charge in [-0.3, -0.25) is 14.5 Å². The molecule has 7 nitrogen and oxygen atoms in total. The monoisotopic (exact) mass is 543 g/mol. The fourth-order valence-electron chi connectivity index (χ4n) is 4.36. The van der Waals surface area contributed by atoms with Gasteiger partial charge >= 0.3 is 5.91 Å². The van der Waals surface area contributed by atoms with Gasteiger partial charge in [0.1, 0.15) is 11.5 Å². The molecule has 9 heteroatoms. The molecule has 1 aliphatic rings. The van der Waals surface area contributed by atoms with Crippen molar-refractivity contribution in [3.63, 3.8) is 0 Å². The van der Waals surface area contributed by atoms with Gasteiger partial charge in [0.25, 0.3) is 5.78 Å². The summed E-state index contributed by atoms with van der Waals surface area (Å²) in [6.45, 7) is 5.75. The fourth-order valence-corrected chi connectivity index (χ4v) is 6.19. The van der Waals surface area contributed by atoms with Crippen LogP contribution in [0, 0.1) is 20.8 Å². The first-order valence-corrected chi connectivity index (χ1v) is 13.7. The van der Waals surface area contributed by atoms with Crippen LogP contribution in [0.25, 0.3) is 5.76 Å². The molecule has 192 valence electrons. The fraction of sp³-hybridized carbons (Fsp3) is 0.172. The van der Waals surface area contributed by atoms with Gasteiger partial charge in [0.15, 0.2) is 4.34 Å². The van der Waals surface area contributed by atoms with Crippen LogP contribution in [0.5, 0.6) is 5.75 Å². The smallest absolute Gasteiger partial charge is 0.301 e. The molecule has 2 heterocycles. The second-order valence-corrected chi connectivity index (χ2v) is 11.4. The summed E-state index contributed by atoms with van der Waals surface area (Å²) >= 11 is 2.69. The number of Topliss-reactive ketones (excluding diaryl/α,β-unsaturated/α-hetero) is 1. The van der Waals surface area contributed by atoms with Gasteiger partial charge < -0.3 is 10.2 Å². The lowest BCUT2D eigenvalue weighted by atomic mass is 9.93. The summed E-state index contributed by atoms with van der Waals surface area (Å²) in [6, 6.07) is 19.1. The number of anilines is 1. The van der Waals surface area contributed by atoms with E-state index in [1.807, 2.05) is 45.0 Å². The Bertz CT molecular complexity index is 1580. The Labute approximate surface area is 228 Å². The summed E-state index contributed by atoms with van der Waals surface area (Å²) in [5.41, 5.74) is 4.86. The van der Waals surface area contributed by atoms with E-state index in [-0.39, 0.29) is 22.2 Å². The van der Waals surface area contributed by atoms with Crippen molar-refractivity contribution in [2.75, 3.05) is 4.90 Å². The van der Waals surface area contributed by atoms with E-state index < -0.39 is 17.7 Å². The van der Waals surface area contributed by atoms with Crippen molar-refractivity contribution in [3.8, 4) is 5.75 Å². The number of carbonyl (C=O) groups is 2. The van der Waals surface area contributed by atoms with Crippen molar-refractivity contribution in [2.24, 2.45) is 0 Å². The number of benzene rings is 3. The molecule has 0 spiro atoms. The average molecular weight is 544 g/mol. The topological polar surface area (TPSA) is 104 Å². The Kier molecular flexibility index (Phi) is 7.05. The molecule has 1 aliphatic heterocycles. The maximum absolute atomic E-state index is 13.4. The van der Waals surface area contributed by atoms with Crippen LogP contribution in [0.2, 0.25) is 0 Å². The molecule has 1 amide bonds. The molecule has 38 heavy (non-hydrogen) atoms. The highest BCUT2D eigenvalue weighted by molar-refractivity contribution is 8.00. The molecule has 0 aliphatic carbocycles. The predicted octanol–water partition coefficient (Wildman–Crippen LogP) is 6.09.